The van der Waals surface area contributed by atoms with Crippen molar-refractivity contribution in [2.75, 3.05) is 0 Å². The Kier molecular flexibility index (Phi) is 4.78. The highest BCUT2D eigenvalue weighted by Crippen LogP contribution is 2.43. The van der Waals surface area contributed by atoms with Crippen LogP contribution in [0.1, 0.15) is 17.2 Å². The number of aliphatic hydroxyl groups excluding tert-OH is 1. The fourth-order valence-electron chi connectivity index (χ4n) is 2.90. The van der Waals surface area contributed by atoms with Crippen LogP contribution in [-0.2, 0) is 0 Å². The first-order valence-electron chi connectivity index (χ1n) is 7.94. The molecule has 0 saturated heterocycles. The van der Waals surface area contributed by atoms with Crippen LogP contribution in [0.5, 0.6) is 0 Å². The molecule has 1 unspecified atom stereocenters. The van der Waals surface area contributed by atoms with Crippen LogP contribution < -0.4 is 0 Å². The van der Waals surface area contributed by atoms with Crippen molar-refractivity contribution in [2.45, 2.75) is 6.10 Å². The van der Waals surface area contributed by atoms with E-state index in [1.54, 1.807) is 30.5 Å². The fourth-order valence-corrected chi connectivity index (χ4v) is 3.96. The zero-order valence-corrected chi connectivity index (χ0v) is 15.3. The minimum atomic E-state index is -1.10. The zero-order valence-electron chi connectivity index (χ0n) is 13.7. The maximum atomic E-state index is 13.7. The van der Waals surface area contributed by atoms with Crippen molar-refractivity contribution in [2.24, 2.45) is 0 Å². The molecular weight excluding hydrogens is 392 g/mol. The van der Waals surface area contributed by atoms with Crippen LogP contribution in [-0.4, -0.2) is 10.1 Å². The molecule has 27 heavy (non-hydrogen) atoms. The van der Waals surface area contributed by atoms with Gasteiger partial charge in [-0.3, -0.25) is 4.98 Å². The summed E-state index contributed by atoms with van der Waals surface area (Å²) >= 11 is 7.35. The number of halogens is 3. The third-order valence-corrected chi connectivity index (χ3v) is 5.33. The molecule has 1 N–H and O–H groups in total. The molecule has 7 heteroatoms. The minimum absolute atomic E-state index is 0.185. The van der Waals surface area contributed by atoms with E-state index in [9.17, 15) is 13.9 Å². The average molecular weight is 404 g/mol. The van der Waals surface area contributed by atoms with Crippen LogP contribution in [0, 0.1) is 11.6 Å². The highest BCUT2D eigenvalue weighted by atomic mass is 35.5. The van der Waals surface area contributed by atoms with Crippen LogP contribution >= 0.6 is 22.9 Å². The van der Waals surface area contributed by atoms with Gasteiger partial charge in [0.2, 0.25) is 0 Å². The van der Waals surface area contributed by atoms with Gasteiger partial charge < -0.3 is 9.52 Å². The molecule has 0 bridgehead atoms. The second kappa shape index (κ2) is 7.23. The molecule has 3 heterocycles. The van der Waals surface area contributed by atoms with Gasteiger partial charge in [0.05, 0.1) is 4.34 Å². The standard InChI is InChI=1S/C20H12ClF2NO2S/c21-17-4-3-16(27-17)15-10-26-20(12-6-13(22)8-14(23)7-12)18(15)19(25)11-2-1-5-24-9-11/h1-10,19,25H. The lowest BCUT2D eigenvalue weighted by molar-refractivity contribution is 0.220. The van der Waals surface area contributed by atoms with Crippen molar-refractivity contribution in [1.82, 2.24) is 4.98 Å². The fraction of sp³-hybridized carbons (Fsp3) is 0.0500. The van der Waals surface area contributed by atoms with Crippen LogP contribution in [0.3, 0.4) is 0 Å². The second-order valence-corrected chi connectivity index (χ2v) is 7.56. The molecule has 4 aromatic rings. The van der Waals surface area contributed by atoms with Crippen molar-refractivity contribution in [3.63, 3.8) is 0 Å². The topological polar surface area (TPSA) is 46.3 Å². The Bertz CT molecular complexity index is 1070. The third kappa shape index (κ3) is 3.51. The minimum Gasteiger partial charge on any atom is -0.463 e. The highest BCUT2D eigenvalue weighted by molar-refractivity contribution is 7.19. The molecule has 3 aromatic heterocycles. The van der Waals surface area contributed by atoms with Crippen molar-refractivity contribution in [3.05, 3.63) is 88.2 Å². The van der Waals surface area contributed by atoms with Crippen LogP contribution in [0.2, 0.25) is 4.34 Å². The van der Waals surface area contributed by atoms with Gasteiger partial charge in [-0.05, 0) is 30.3 Å². The number of benzene rings is 1. The smallest absolute Gasteiger partial charge is 0.140 e. The van der Waals surface area contributed by atoms with Crippen LogP contribution in [0.15, 0.2) is 65.5 Å². The summed E-state index contributed by atoms with van der Waals surface area (Å²) < 4.78 is 33.7. The Morgan fingerprint density at radius 1 is 1.11 bits per heavy atom. The van der Waals surface area contributed by atoms with Gasteiger partial charge in [0.15, 0.2) is 0 Å². The average Bonchev–Trinajstić information content (AvgIpc) is 3.27. The summed E-state index contributed by atoms with van der Waals surface area (Å²) in [6.45, 7) is 0. The van der Waals surface area contributed by atoms with E-state index in [2.05, 4.69) is 4.98 Å². The lowest BCUT2D eigenvalue weighted by Crippen LogP contribution is -2.02. The number of rotatable bonds is 4. The van der Waals surface area contributed by atoms with Gasteiger partial charge in [-0.1, -0.05) is 17.7 Å². The molecule has 0 aliphatic carbocycles. The third-order valence-electron chi connectivity index (χ3n) is 4.07. The zero-order chi connectivity index (χ0) is 19.0. The lowest BCUT2D eigenvalue weighted by Gasteiger charge is -2.13. The van der Waals surface area contributed by atoms with E-state index in [1.807, 2.05) is 0 Å². The van der Waals surface area contributed by atoms with Gasteiger partial charge >= 0.3 is 0 Å². The molecule has 136 valence electrons. The molecule has 0 saturated carbocycles. The number of aliphatic hydroxyl groups is 1. The van der Waals surface area contributed by atoms with Crippen molar-refractivity contribution >= 4 is 22.9 Å². The van der Waals surface area contributed by atoms with E-state index in [-0.39, 0.29) is 11.3 Å². The monoisotopic (exact) mass is 403 g/mol. The normalized spacial score (nSPS) is 12.3. The molecule has 0 spiro atoms. The van der Waals surface area contributed by atoms with E-state index < -0.39 is 17.7 Å². The number of furan rings is 1. The quantitative estimate of drug-likeness (QED) is 0.449. The first kappa shape index (κ1) is 17.9. The van der Waals surface area contributed by atoms with Crippen LogP contribution in [0.4, 0.5) is 8.78 Å². The SMILES string of the molecule is OC(c1cccnc1)c1c(-c2ccc(Cl)s2)coc1-c1cc(F)cc(F)c1. The van der Waals surface area contributed by atoms with Gasteiger partial charge in [-0.2, -0.15) is 0 Å². The predicted molar refractivity (Wildman–Crippen MR) is 101 cm³/mol. The van der Waals surface area contributed by atoms with Crippen molar-refractivity contribution < 1.29 is 18.3 Å². The van der Waals surface area contributed by atoms with E-state index in [0.29, 0.717) is 21.0 Å². The summed E-state index contributed by atoms with van der Waals surface area (Å²) in [6, 6.07) is 10.0. The number of nitrogens with zero attached hydrogens (tertiary/aromatic N) is 1. The Hall–Kier alpha value is -2.54. The summed E-state index contributed by atoms with van der Waals surface area (Å²) in [4.78, 5) is 4.79. The molecule has 1 atom stereocenters. The van der Waals surface area contributed by atoms with E-state index in [0.717, 1.165) is 23.1 Å². The second-order valence-electron chi connectivity index (χ2n) is 5.84. The highest BCUT2D eigenvalue weighted by Gasteiger charge is 2.26. The molecule has 1 aromatic carbocycles. The molecule has 0 radical (unpaired) electrons. The van der Waals surface area contributed by atoms with Crippen molar-refractivity contribution in [3.8, 4) is 21.8 Å². The molecule has 4 rings (SSSR count). The summed E-state index contributed by atoms with van der Waals surface area (Å²) in [6.07, 6.45) is 3.47. The Morgan fingerprint density at radius 3 is 2.52 bits per heavy atom. The van der Waals surface area contributed by atoms with Gasteiger partial charge in [0, 0.05) is 45.6 Å². The Labute approximate surface area is 162 Å². The Morgan fingerprint density at radius 2 is 1.89 bits per heavy atom. The maximum absolute atomic E-state index is 13.7. The largest absolute Gasteiger partial charge is 0.463 e. The molecule has 0 aliphatic rings. The van der Waals surface area contributed by atoms with Crippen molar-refractivity contribution in [1.29, 1.82) is 0 Å². The number of aromatic nitrogens is 1. The van der Waals surface area contributed by atoms with Gasteiger partial charge in [-0.25, -0.2) is 8.78 Å². The first-order valence-corrected chi connectivity index (χ1v) is 9.14. The van der Waals surface area contributed by atoms with Gasteiger partial charge in [0.25, 0.3) is 0 Å². The molecular formula is C20H12ClF2NO2S. The maximum Gasteiger partial charge on any atom is 0.140 e. The van der Waals surface area contributed by atoms with E-state index >= 15 is 0 Å². The summed E-state index contributed by atoms with van der Waals surface area (Å²) in [5, 5.41) is 11.0. The van der Waals surface area contributed by atoms with Gasteiger partial charge in [0.1, 0.15) is 29.8 Å². The number of thiophene rings is 1. The number of hydrogen-bond acceptors (Lipinski definition) is 4. The first-order chi connectivity index (χ1) is 13.0. The summed E-state index contributed by atoms with van der Waals surface area (Å²) in [5.74, 6) is -1.28. The predicted octanol–water partition coefficient (Wildman–Crippen LogP) is 6.08. The summed E-state index contributed by atoms with van der Waals surface area (Å²) in [7, 11) is 0. The molecule has 3 nitrogen and oxygen atoms in total. The number of pyridine rings is 1. The molecule has 0 amide bonds. The van der Waals surface area contributed by atoms with E-state index in [4.69, 9.17) is 16.0 Å². The molecule has 0 aliphatic heterocycles. The molecule has 0 fully saturated rings. The lowest BCUT2D eigenvalue weighted by atomic mass is 9.96. The van der Waals surface area contributed by atoms with Crippen LogP contribution in [0.25, 0.3) is 21.8 Å². The Balaban J connectivity index is 1.93. The van der Waals surface area contributed by atoms with E-state index in [1.165, 1.54) is 23.8 Å². The van der Waals surface area contributed by atoms with Gasteiger partial charge in [-0.15, -0.1) is 11.3 Å². The number of hydrogen-bond donors (Lipinski definition) is 1. The summed E-state index contributed by atoms with van der Waals surface area (Å²) in [5.41, 5.74) is 1.72.